The second-order valence-corrected chi connectivity index (χ2v) is 19.6. The van der Waals surface area contributed by atoms with Crippen LogP contribution in [0.1, 0.15) is 136 Å². The molecule has 76 heavy (non-hydrogen) atoms. The van der Waals surface area contributed by atoms with Gasteiger partial charge in [0.15, 0.2) is 0 Å². The number of methoxy groups -OCH3 is 1. The number of nitrogens with zero attached hydrogens (tertiary/aromatic N) is 6. The van der Waals surface area contributed by atoms with Gasteiger partial charge in [-0.25, -0.2) is 5.06 Å². The van der Waals surface area contributed by atoms with Gasteiger partial charge in [0.05, 0.1) is 39.0 Å². The first-order valence-corrected chi connectivity index (χ1v) is 26.5. The second kappa shape index (κ2) is 52.9. The summed E-state index contributed by atoms with van der Waals surface area (Å²) in [4.78, 5) is 90.8. The maximum atomic E-state index is 11.7. The van der Waals surface area contributed by atoms with Crippen LogP contribution in [0.5, 0.6) is 0 Å². The molecule has 0 radical (unpaired) electrons. The molecule has 0 bridgehead atoms. The molecule has 7 heterocycles. The van der Waals surface area contributed by atoms with Crippen LogP contribution >= 0.6 is 12.4 Å². The van der Waals surface area contributed by atoms with Crippen LogP contribution in [-0.4, -0.2) is 239 Å². The smallest absolute Gasteiger partial charge is 1.00 e. The van der Waals surface area contributed by atoms with Crippen LogP contribution in [0.15, 0.2) is 0 Å². The van der Waals surface area contributed by atoms with Gasteiger partial charge in [-0.1, -0.05) is 44.9 Å². The summed E-state index contributed by atoms with van der Waals surface area (Å²) in [6.07, 6.45) is 25.4. The van der Waals surface area contributed by atoms with Gasteiger partial charge in [-0.05, 0) is 171 Å². The summed E-state index contributed by atoms with van der Waals surface area (Å²) in [6.45, 7) is 7.22. The van der Waals surface area contributed by atoms with E-state index >= 15 is 0 Å². The number of carbonyl (C=O) groups is 7. The van der Waals surface area contributed by atoms with E-state index in [9.17, 15) is 28.8 Å². The Morgan fingerprint density at radius 2 is 0.934 bits per heavy atom. The monoisotopic (exact) mass is 1160 g/mol. The van der Waals surface area contributed by atoms with Crippen molar-refractivity contribution in [2.45, 2.75) is 177 Å². The first kappa shape index (κ1) is 82.3. The minimum absolute atomic E-state index is 0. The molecular weight excluding hydrogens is 1060 g/mol. The number of aliphatic hydroxyl groups excluding tert-OH is 1. The zero-order valence-electron chi connectivity index (χ0n) is 49.2. The number of aldehydes is 2. The summed E-state index contributed by atoms with van der Waals surface area (Å²) in [5, 5.41) is 41.4. The number of aliphatic hydroxyl groups is 1. The fourth-order valence-corrected chi connectivity index (χ4v) is 9.24. The van der Waals surface area contributed by atoms with Crippen molar-refractivity contribution in [2.75, 3.05) is 109 Å². The Bertz CT molecular complexity index is 1450. The second-order valence-electron chi connectivity index (χ2n) is 19.6. The number of hydroxylamine groups is 2. The molecule has 7 rings (SSSR count). The molecule has 7 atom stereocenters. The molecule has 0 aromatic carbocycles. The molecule has 22 nitrogen and oxygen atoms in total. The summed E-state index contributed by atoms with van der Waals surface area (Å²) in [5.41, 5.74) is 0. The Hall–Kier alpha value is -0.147. The average Bonchev–Trinajstić information content (AvgIpc) is 3.42. The zero-order valence-corrected chi connectivity index (χ0v) is 55.3. The van der Waals surface area contributed by atoms with E-state index in [0.29, 0.717) is 12.6 Å². The summed E-state index contributed by atoms with van der Waals surface area (Å²) in [6, 6.07) is 0.321. The third-order valence-electron chi connectivity index (χ3n) is 14.2. The molecule has 0 spiro atoms. The Morgan fingerprint density at radius 1 is 0.579 bits per heavy atom. The fourth-order valence-electron chi connectivity index (χ4n) is 9.24. The largest absolute Gasteiger partial charge is 1.00 e. The number of carbonyl (C=O) groups excluding carboxylic acids is 5. The number of piperidine rings is 7. The predicted molar refractivity (Wildman–Crippen MR) is 284 cm³/mol. The maximum absolute atomic E-state index is 11.7. The summed E-state index contributed by atoms with van der Waals surface area (Å²) < 4.78 is 4.68. The van der Waals surface area contributed by atoms with Crippen LogP contribution in [0.4, 0.5) is 0 Å². The van der Waals surface area contributed by atoms with Crippen molar-refractivity contribution < 1.29 is 173 Å². The Balaban J connectivity index is -0.000000257. The number of hydrogen-bond donors (Lipinski definition) is 5. The van der Waals surface area contributed by atoms with Crippen LogP contribution in [0.3, 0.4) is 0 Å². The molecular formula is C51H99ClK2N8O14. The van der Waals surface area contributed by atoms with Crippen molar-refractivity contribution in [3.8, 4) is 0 Å². The average molecular weight is 1160 g/mol. The van der Waals surface area contributed by atoms with Crippen molar-refractivity contribution in [2.24, 2.45) is 0 Å². The topological polar surface area (TPSA) is 274 Å². The van der Waals surface area contributed by atoms with E-state index in [2.05, 4.69) is 51.8 Å². The van der Waals surface area contributed by atoms with Crippen LogP contribution in [0, 0.1) is 0 Å². The number of likely N-dealkylation sites (tertiary alicyclic amines) is 5. The molecule has 0 aromatic heterocycles. The molecule has 7 fully saturated rings. The predicted octanol–water partition coefficient (Wildman–Crippen LogP) is -3.66. The van der Waals surface area contributed by atoms with E-state index in [0.717, 1.165) is 135 Å². The molecule has 436 valence electrons. The maximum Gasteiger partial charge on any atom is 1.00 e. The Morgan fingerprint density at radius 3 is 1.18 bits per heavy atom. The number of aliphatic carboxylic acids is 2. The molecule has 7 unspecified atom stereocenters. The number of nitrogens with one attached hydrogen (secondary N) is 2. The molecule has 7 aliphatic heterocycles. The van der Waals surface area contributed by atoms with Crippen molar-refractivity contribution >= 4 is 55.3 Å². The van der Waals surface area contributed by atoms with Gasteiger partial charge in [0.1, 0.15) is 30.7 Å². The number of esters is 1. The number of halogens is 1. The van der Waals surface area contributed by atoms with Gasteiger partial charge < -0.3 is 56.8 Å². The van der Waals surface area contributed by atoms with Gasteiger partial charge in [-0.2, -0.15) is 0 Å². The molecule has 5 N–H and O–H groups in total. The molecule has 0 aliphatic carbocycles. The van der Waals surface area contributed by atoms with Gasteiger partial charge >= 0.3 is 121 Å². The van der Waals surface area contributed by atoms with Crippen LogP contribution in [0.2, 0.25) is 0 Å². The number of hydrogen-bond acceptors (Lipinski definition) is 19. The van der Waals surface area contributed by atoms with Crippen LogP contribution in [-0.2, 0) is 48.0 Å². The third kappa shape index (κ3) is 37.8. The number of carboxylic acid groups (broad SMARTS) is 2. The van der Waals surface area contributed by atoms with Crippen molar-refractivity contribution in [3.05, 3.63) is 0 Å². The number of carboxylic acids is 2. The quantitative estimate of drug-likeness (QED) is 0.0490. The van der Waals surface area contributed by atoms with E-state index in [-0.39, 0.29) is 171 Å². The number of ether oxygens (including phenoxy) is 1. The minimum atomic E-state index is -0.713. The number of likely N-dealkylation sites (N-methyl/N-ethyl adjacent to an activating group) is 6. The molecule has 25 heteroatoms. The molecule has 0 aromatic rings. The fraction of sp³-hybridized carbons (Fsp3) is 0.863. The first-order chi connectivity index (χ1) is 35.0. The van der Waals surface area contributed by atoms with E-state index < -0.39 is 11.9 Å². The van der Waals surface area contributed by atoms with Crippen molar-refractivity contribution in [3.63, 3.8) is 0 Å². The summed E-state index contributed by atoms with van der Waals surface area (Å²) in [7, 11) is 14.7. The van der Waals surface area contributed by atoms with Crippen LogP contribution in [0.25, 0.3) is 0 Å². The van der Waals surface area contributed by atoms with Gasteiger partial charge in [0.25, 0.3) is 12.4 Å². The molecule has 0 saturated carbocycles. The third-order valence-corrected chi connectivity index (χ3v) is 14.2. The number of amides is 1. The van der Waals surface area contributed by atoms with E-state index in [1.54, 1.807) is 7.05 Å². The SMILES string of the molecule is CN1CCCCC1C=O.CN1CCCCC1C=O.CN1CCCCC1CO.COC(=O)C1CCCCN1C.CON(C)C(=O)C1CCCCN1C.Cl.O=C(O)C1CCCCN1.O=C(O)C1CCCCN1.O=CO[O-].[H-].[K+].[K+]. The normalized spacial score (nSPS) is 25.6. The van der Waals surface area contributed by atoms with Gasteiger partial charge in [0, 0.05) is 13.1 Å². The van der Waals surface area contributed by atoms with Crippen LogP contribution < -0.4 is 119 Å². The van der Waals surface area contributed by atoms with Gasteiger partial charge in [-0.3, -0.25) is 48.4 Å². The molecule has 7 aliphatic rings. The zero-order chi connectivity index (χ0) is 55.0. The van der Waals surface area contributed by atoms with E-state index in [1.165, 1.54) is 77.1 Å². The molecule has 7 saturated heterocycles. The van der Waals surface area contributed by atoms with Crippen molar-refractivity contribution in [1.29, 1.82) is 0 Å². The molecule has 1 amide bonds. The minimum Gasteiger partial charge on any atom is -1.00 e. The Kier molecular flexibility index (Phi) is 57.3. The summed E-state index contributed by atoms with van der Waals surface area (Å²) >= 11 is 0. The standard InChI is InChI=1S/C9H18N2O2.C8H15NO2.C7H15NO.2C7H13NO.2C6H11NO2.CH2O3.ClH.2K.H/c1-10-7-5-4-6-8(10)9(12)11(2)13-3;1-9-6-4-3-5-7(9)8(10)11-2;3*1-8-5-3-2-4-7(8)6-9;2*8-6(9)5-3-1-2-4-7-5;2-1-4-3;;;;/h8H,4-7H2,1-3H3;7H,3-6H2,1-2H3;7,9H,2-6H2,1H3;2*6-7H,2-5H2,1H3;2*5,7H,1-4H2,(H,8,9);1,3H;1H;;;/q;;;;;;;;;2*+1;-1/p-1. The van der Waals surface area contributed by atoms with Gasteiger partial charge in [0.2, 0.25) is 0 Å². The first-order valence-electron chi connectivity index (χ1n) is 26.5. The number of rotatable bonds is 9. The Labute approximate surface area is 548 Å². The van der Waals surface area contributed by atoms with E-state index in [4.69, 9.17) is 30.2 Å². The van der Waals surface area contributed by atoms with E-state index in [1.807, 2.05) is 28.2 Å². The van der Waals surface area contributed by atoms with Gasteiger partial charge in [-0.15, -0.1) is 12.4 Å². The summed E-state index contributed by atoms with van der Waals surface area (Å²) in [5.74, 6) is -1.46. The van der Waals surface area contributed by atoms with Crippen molar-refractivity contribution in [1.82, 2.24) is 40.2 Å².